The second kappa shape index (κ2) is 8.30. The maximum absolute atomic E-state index is 13.1. The molecule has 0 unspecified atom stereocenters. The zero-order chi connectivity index (χ0) is 18.4. The minimum absolute atomic E-state index is 0.134. The first-order chi connectivity index (χ1) is 11.8. The Morgan fingerprint density at radius 1 is 1.28 bits per heavy atom. The summed E-state index contributed by atoms with van der Waals surface area (Å²) in [7, 11) is 0. The number of alkyl halides is 3. The van der Waals surface area contributed by atoms with Gasteiger partial charge in [-0.2, -0.15) is 13.2 Å². The van der Waals surface area contributed by atoms with Crippen molar-refractivity contribution < 1.29 is 23.1 Å². The van der Waals surface area contributed by atoms with E-state index in [-0.39, 0.29) is 23.2 Å². The van der Waals surface area contributed by atoms with E-state index in [1.807, 2.05) is 0 Å². The highest BCUT2D eigenvalue weighted by Gasteiger charge is 2.34. The van der Waals surface area contributed by atoms with Crippen LogP contribution in [0, 0.1) is 0 Å². The van der Waals surface area contributed by atoms with Gasteiger partial charge in [0.15, 0.2) is 5.16 Å². The molecule has 1 atom stereocenters. The van der Waals surface area contributed by atoms with Crippen molar-refractivity contribution in [2.45, 2.75) is 24.3 Å². The summed E-state index contributed by atoms with van der Waals surface area (Å²) in [5.74, 6) is -0.575. The Labute approximate surface area is 146 Å². The molecular formula is C16H16F3N3O2S. The van der Waals surface area contributed by atoms with Crippen molar-refractivity contribution >= 4 is 17.7 Å². The summed E-state index contributed by atoms with van der Waals surface area (Å²) in [6.07, 6.45) is -4.62. The highest BCUT2D eigenvalue weighted by molar-refractivity contribution is 7.99. The number of carbonyl (C=O) groups excluding carboxylic acids is 1. The molecule has 0 bridgehead atoms. The highest BCUT2D eigenvalue weighted by Crippen LogP contribution is 2.31. The van der Waals surface area contributed by atoms with Crippen molar-refractivity contribution in [3.63, 3.8) is 0 Å². The van der Waals surface area contributed by atoms with Crippen LogP contribution in [0.25, 0.3) is 11.3 Å². The first-order valence-corrected chi connectivity index (χ1v) is 8.33. The van der Waals surface area contributed by atoms with Crippen LogP contribution in [0.4, 0.5) is 13.2 Å². The van der Waals surface area contributed by atoms with E-state index in [0.29, 0.717) is 5.56 Å². The van der Waals surface area contributed by atoms with Crippen LogP contribution in [0.2, 0.25) is 0 Å². The predicted octanol–water partition coefficient (Wildman–Crippen LogP) is 2.75. The molecule has 1 aromatic heterocycles. The molecular weight excluding hydrogens is 355 g/mol. The number of amides is 1. The number of aliphatic hydroxyl groups is 1. The highest BCUT2D eigenvalue weighted by atomic mass is 32.2. The molecule has 25 heavy (non-hydrogen) atoms. The van der Waals surface area contributed by atoms with E-state index < -0.39 is 23.8 Å². The summed E-state index contributed by atoms with van der Waals surface area (Å²) in [5.41, 5.74) is -0.404. The number of rotatable bonds is 6. The molecule has 1 heterocycles. The van der Waals surface area contributed by atoms with E-state index in [4.69, 9.17) is 5.11 Å². The van der Waals surface area contributed by atoms with E-state index >= 15 is 0 Å². The quantitative estimate of drug-likeness (QED) is 0.603. The SMILES string of the molecule is C[C@H](CO)NC(=O)CSc1nc(-c2ccccc2)cc(C(F)(F)F)n1. The molecule has 0 aliphatic carbocycles. The zero-order valence-electron chi connectivity index (χ0n) is 13.2. The minimum atomic E-state index is -4.62. The van der Waals surface area contributed by atoms with Crippen molar-refractivity contribution in [3.8, 4) is 11.3 Å². The van der Waals surface area contributed by atoms with Crippen molar-refractivity contribution in [2.75, 3.05) is 12.4 Å². The normalized spacial score (nSPS) is 12.7. The number of carbonyl (C=O) groups is 1. The zero-order valence-corrected chi connectivity index (χ0v) is 14.1. The fraction of sp³-hybridized carbons (Fsp3) is 0.312. The van der Waals surface area contributed by atoms with Gasteiger partial charge in [0.25, 0.3) is 0 Å². The number of nitrogens with one attached hydrogen (secondary N) is 1. The largest absolute Gasteiger partial charge is 0.433 e. The summed E-state index contributed by atoms with van der Waals surface area (Å²) in [4.78, 5) is 19.3. The van der Waals surface area contributed by atoms with Gasteiger partial charge in [-0.05, 0) is 13.0 Å². The lowest BCUT2D eigenvalue weighted by Gasteiger charge is -2.12. The Morgan fingerprint density at radius 2 is 1.96 bits per heavy atom. The Morgan fingerprint density at radius 3 is 2.56 bits per heavy atom. The van der Waals surface area contributed by atoms with Crippen LogP contribution >= 0.6 is 11.8 Å². The van der Waals surface area contributed by atoms with Crippen molar-refractivity contribution in [2.24, 2.45) is 0 Å². The Hall–Kier alpha value is -2.13. The molecule has 2 aromatic rings. The van der Waals surface area contributed by atoms with Gasteiger partial charge in [0, 0.05) is 11.6 Å². The summed E-state index contributed by atoms with van der Waals surface area (Å²) >= 11 is 0.804. The average molecular weight is 371 g/mol. The van der Waals surface area contributed by atoms with E-state index in [1.165, 1.54) is 0 Å². The van der Waals surface area contributed by atoms with Crippen LogP contribution in [0.3, 0.4) is 0 Å². The Kier molecular flexibility index (Phi) is 6.38. The molecule has 134 valence electrons. The molecule has 0 saturated carbocycles. The Bertz CT molecular complexity index is 726. The van der Waals surface area contributed by atoms with Gasteiger partial charge < -0.3 is 10.4 Å². The van der Waals surface area contributed by atoms with Crippen LogP contribution in [-0.4, -0.2) is 39.4 Å². The van der Waals surface area contributed by atoms with Crippen LogP contribution in [-0.2, 0) is 11.0 Å². The first kappa shape index (κ1) is 19.2. The third-order valence-corrected chi connectivity index (χ3v) is 3.93. The van der Waals surface area contributed by atoms with Gasteiger partial charge in [0.2, 0.25) is 5.91 Å². The molecule has 0 fully saturated rings. The van der Waals surface area contributed by atoms with Gasteiger partial charge in [0.05, 0.1) is 18.1 Å². The third-order valence-electron chi connectivity index (χ3n) is 3.08. The number of nitrogens with zero attached hydrogens (tertiary/aromatic N) is 2. The van der Waals surface area contributed by atoms with Crippen LogP contribution in [0.15, 0.2) is 41.6 Å². The minimum Gasteiger partial charge on any atom is -0.394 e. The second-order valence-electron chi connectivity index (χ2n) is 5.22. The van der Waals surface area contributed by atoms with Crippen LogP contribution < -0.4 is 5.32 Å². The lowest BCUT2D eigenvalue weighted by Crippen LogP contribution is -2.36. The molecule has 0 aliphatic rings. The number of hydrogen-bond acceptors (Lipinski definition) is 5. The lowest BCUT2D eigenvalue weighted by molar-refractivity contribution is -0.141. The number of hydrogen-bond donors (Lipinski definition) is 2. The maximum atomic E-state index is 13.1. The van der Waals surface area contributed by atoms with Gasteiger partial charge in [0.1, 0.15) is 5.69 Å². The van der Waals surface area contributed by atoms with E-state index in [9.17, 15) is 18.0 Å². The van der Waals surface area contributed by atoms with Crippen molar-refractivity contribution in [1.82, 2.24) is 15.3 Å². The first-order valence-electron chi connectivity index (χ1n) is 7.34. The van der Waals surface area contributed by atoms with Crippen molar-refractivity contribution in [1.29, 1.82) is 0 Å². The van der Waals surface area contributed by atoms with Gasteiger partial charge in [-0.1, -0.05) is 42.1 Å². The molecule has 1 aromatic carbocycles. The van der Waals surface area contributed by atoms with Gasteiger partial charge in [-0.15, -0.1) is 0 Å². The molecule has 2 N–H and O–H groups in total. The maximum Gasteiger partial charge on any atom is 0.433 e. The average Bonchev–Trinajstić information content (AvgIpc) is 2.59. The summed E-state index contributed by atoms with van der Waals surface area (Å²) in [6, 6.07) is 8.88. The van der Waals surface area contributed by atoms with E-state index in [1.54, 1.807) is 37.3 Å². The number of benzene rings is 1. The van der Waals surface area contributed by atoms with Gasteiger partial charge in [-0.25, -0.2) is 9.97 Å². The van der Waals surface area contributed by atoms with Crippen LogP contribution in [0.5, 0.6) is 0 Å². The lowest BCUT2D eigenvalue weighted by atomic mass is 10.1. The van der Waals surface area contributed by atoms with Crippen molar-refractivity contribution in [3.05, 3.63) is 42.1 Å². The topological polar surface area (TPSA) is 75.1 Å². The monoisotopic (exact) mass is 371 g/mol. The number of thioether (sulfide) groups is 1. The van der Waals surface area contributed by atoms with Gasteiger partial charge in [-0.3, -0.25) is 4.79 Å². The Balaban J connectivity index is 2.24. The summed E-state index contributed by atoms with van der Waals surface area (Å²) in [5, 5.41) is 11.3. The number of aromatic nitrogens is 2. The standard InChI is InChI=1S/C16H16F3N3O2S/c1-10(8-23)20-14(24)9-25-15-21-12(11-5-3-2-4-6-11)7-13(22-15)16(17,18)19/h2-7,10,23H,8-9H2,1H3,(H,20,24)/t10-/m1/s1. The molecule has 5 nitrogen and oxygen atoms in total. The van der Waals surface area contributed by atoms with Crippen LogP contribution in [0.1, 0.15) is 12.6 Å². The summed E-state index contributed by atoms with van der Waals surface area (Å²) in [6.45, 7) is 1.38. The molecule has 2 rings (SSSR count). The third kappa shape index (κ3) is 5.71. The molecule has 0 spiro atoms. The molecule has 1 amide bonds. The molecule has 0 saturated heterocycles. The smallest absolute Gasteiger partial charge is 0.394 e. The number of halogens is 3. The van der Waals surface area contributed by atoms with Gasteiger partial charge >= 0.3 is 6.18 Å². The molecule has 0 aliphatic heterocycles. The second-order valence-corrected chi connectivity index (χ2v) is 6.17. The summed E-state index contributed by atoms with van der Waals surface area (Å²) < 4.78 is 39.2. The van der Waals surface area contributed by atoms with E-state index in [0.717, 1.165) is 17.8 Å². The molecule has 0 radical (unpaired) electrons. The fourth-order valence-electron chi connectivity index (χ4n) is 1.88. The molecule has 9 heteroatoms. The fourth-order valence-corrected chi connectivity index (χ4v) is 2.55. The predicted molar refractivity (Wildman–Crippen MR) is 87.9 cm³/mol. The van der Waals surface area contributed by atoms with E-state index in [2.05, 4.69) is 15.3 Å². The number of aliphatic hydroxyl groups excluding tert-OH is 1.